The van der Waals surface area contributed by atoms with Crippen LogP contribution < -0.4 is 0 Å². The van der Waals surface area contributed by atoms with E-state index in [-0.39, 0.29) is 18.1 Å². The minimum atomic E-state index is 0.0943. The number of hydrogen-bond acceptors (Lipinski definition) is 5. The van der Waals surface area contributed by atoms with E-state index in [0.29, 0.717) is 18.3 Å². The molecule has 4 heterocycles. The van der Waals surface area contributed by atoms with Crippen LogP contribution in [0.1, 0.15) is 41.9 Å². The number of rotatable bonds is 5. The summed E-state index contributed by atoms with van der Waals surface area (Å²) in [6.07, 6.45) is 7.60. The Balaban J connectivity index is 1.40. The average molecular weight is 369 g/mol. The van der Waals surface area contributed by atoms with Crippen molar-refractivity contribution in [1.29, 1.82) is 0 Å². The molecule has 2 aromatic heterocycles. The van der Waals surface area contributed by atoms with Gasteiger partial charge in [-0.3, -0.25) is 19.4 Å². The Morgan fingerprint density at radius 1 is 1.19 bits per heavy atom. The third kappa shape index (κ3) is 3.37. The Hall–Kier alpha value is -2.25. The van der Waals surface area contributed by atoms with E-state index in [2.05, 4.69) is 27.1 Å². The van der Waals surface area contributed by atoms with Gasteiger partial charge in [-0.1, -0.05) is 0 Å². The molecule has 2 aliphatic rings. The molecule has 7 heteroatoms. The molecule has 0 radical (unpaired) electrons. The lowest BCUT2D eigenvalue weighted by Crippen LogP contribution is -2.60. The number of methoxy groups -OCH3 is 1. The Morgan fingerprint density at radius 2 is 1.93 bits per heavy atom. The van der Waals surface area contributed by atoms with Crippen molar-refractivity contribution in [1.82, 2.24) is 24.6 Å². The molecule has 0 N–H and O–H groups in total. The molecule has 2 aromatic rings. The normalized spacial score (nSPS) is 24.0. The van der Waals surface area contributed by atoms with Gasteiger partial charge in [-0.05, 0) is 43.5 Å². The fourth-order valence-corrected chi connectivity index (χ4v) is 4.37. The monoisotopic (exact) mass is 369 g/mol. The molecule has 0 unspecified atom stereocenters. The molecule has 0 bridgehead atoms. The van der Waals surface area contributed by atoms with Crippen molar-refractivity contribution in [3.8, 4) is 0 Å². The highest BCUT2D eigenvalue weighted by Gasteiger charge is 2.44. The molecule has 144 valence electrons. The summed E-state index contributed by atoms with van der Waals surface area (Å²) in [6.45, 7) is 5.24. The first-order chi connectivity index (χ1) is 13.2. The Labute approximate surface area is 159 Å². The maximum atomic E-state index is 12.8. The number of likely N-dealkylation sites (tertiary alicyclic amines) is 2. The molecule has 0 aromatic carbocycles. The van der Waals surface area contributed by atoms with Gasteiger partial charge in [-0.25, -0.2) is 0 Å². The number of nitrogens with zero attached hydrogens (tertiary/aromatic N) is 5. The summed E-state index contributed by atoms with van der Waals surface area (Å²) in [5, 5.41) is 4.22. The van der Waals surface area contributed by atoms with E-state index in [1.807, 2.05) is 30.3 Å². The van der Waals surface area contributed by atoms with Crippen LogP contribution in [-0.2, 0) is 11.3 Å². The van der Waals surface area contributed by atoms with E-state index in [1.165, 1.54) is 5.56 Å². The van der Waals surface area contributed by atoms with Gasteiger partial charge in [0, 0.05) is 57.9 Å². The topological polar surface area (TPSA) is 63.5 Å². The number of aryl methyl sites for hydroxylation is 1. The summed E-state index contributed by atoms with van der Waals surface area (Å²) in [5.74, 6) is 0.0943. The number of aromatic nitrogens is 3. The van der Waals surface area contributed by atoms with Crippen LogP contribution in [0, 0.1) is 0 Å². The van der Waals surface area contributed by atoms with Gasteiger partial charge in [0.05, 0.1) is 12.1 Å². The molecule has 0 saturated carbocycles. The molecule has 27 heavy (non-hydrogen) atoms. The zero-order valence-electron chi connectivity index (χ0n) is 16.0. The van der Waals surface area contributed by atoms with Crippen LogP contribution in [0.25, 0.3) is 0 Å². The van der Waals surface area contributed by atoms with Gasteiger partial charge >= 0.3 is 0 Å². The lowest BCUT2D eigenvalue weighted by molar-refractivity contribution is -0.115. The third-order valence-electron chi connectivity index (χ3n) is 5.91. The SMILES string of the molecule is CCn1nccc1C(=O)N1CCC(N2C[C@H](OC)[C@@H]2c2ccncc2)CC1. The number of carbonyl (C=O) groups is 1. The van der Waals surface area contributed by atoms with Crippen LogP contribution in [0.4, 0.5) is 0 Å². The molecule has 2 aliphatic heterocycles. The second-order valence-corrected chi connectivity index (χ2v) is 7.25. The average Bonchev–Trinajstić information content (AvgIpc) is 3.17. The predicted molar refractivity (Wildman–Crippen MR) is 101 cm³/mol. The highest BCUT2D eigenvalue weighted by atomic mass is 16.5. The molecular weight excluding hydrogens is 342 g/mol. The second-order valence-electron chi connectivity index (χ2n) is 7.25. The van der Waals surface area contributed by atoms with Gasteiger partial charge < -0.3 is 9.64 Å². The van der Waals surface area contributed by atoms with E-state index in [1.54, 1.807) is 18.0 Å². The van der Waals surface area contributed by atoms with Gasteiger partial charge in [0.15, 0.2) is 0 Å². The molecule has 2 saturated heterocycles. The smallest absolute Gasteiger partial charge is 0.272 e. The predicted octanol–water partition coefficient (Wildman–Crippen LogP) is 1.97. The maximum Gasteiger partial charge on any atom is 0.272 e. The fraction of sp³-hybridized carbons (Fsp3) is 0.550. The van der Waals surface area contributed by atoms with Gasteiger partial charge in [-0.15, -0.1) is 0 Å². The van der Waals surface area contributed by atoms with E-state index in [0.717, 1.165) is 32.5 Å². The van der Waals surface area contributed by atoms with Gasteiger partial charge in [-0.2, -0.15) is 5.10 Å². The number of piperidine rings is 1. The van der Waals surface area contributed by atoms with Crippen molar-refractivity contribution in [2.24, 2.45) is 0 Å². The first-order valence-electron chi connectivity index (χ1n) is 9.72. The maximum absolute atomic E-state index is 12.8. The second kappa shape index (κ2) is 7.78. The number of carbonyl (C=O) groups excluding carboxylic acids is 1. The van der Waals surface area contributed by atoms with Gasteiger partial charge in [0.25, 0.3) is 5.91 Å². The Bertz CT molecular complexity index is 770. The third-order valence-corrected chi connectivity index (χ3v) is 5.91. The number of hydrogen-bond donors (Lipinski definition) is 0. The van der Waals surface area contributed by atoms with Crippen LogP contribution in [-0.4, -0.2) is 69.4 Å². The standard InChI is InChI=1S/C20H27N5O2/c1-3-25-17(6-11-22-25)20(26)23-12-7-16(8-13-23)24-14-18(27-2)19(24)15-4-9-21-10-5-15/h4-6,9-11,16,18-19H,3,7-8,12-14H2,1-2H3/t18-,19-/m0/s1. The Kier molecular flexibility index (Phi) is 5.22. The van der Waals surface area contributed by atoms with Crippen LogP contribution in [0.15, 0.2) is 36.8 Å². The summed E-state index contributed by atoms with van der Waals surface area (Å²) < 4.78 is 7.44. The summed E-state index contributed by atoms with van der Waals surface area (Å²) >= 11 is 0. The molecule has 1 amide bonds. The van der Waals surface area contributed by atoms with Crippen molar-refractivity contribution in [3.63, 3.8) is 0 Å². The van der Waals surface area contributed by atoms with Gasteiger partial charge in [0.2, 0.25) is 0 Å². The quantitative estimate of drug-likeness (QED) is 0.806. The summed E-state index contributed by atoms with van der Waals surface area (Å²) in [6, 6.07) is 6.73. The molecular formula is C20H27N5O2. The molecule has 0 spiro atoms. The van der Waals surface area contributed by atoms with E-state index < -0.39 is 0 Å². The summed E-state index contributed by atoms with van der Waals surface area (Å²) in [5.41, 5.74) is 1.95. The highest BCUT2D eigenvalue weighted by molar-refractivity contribution is 5.92. The number of amides is 1. The zero-order valence-corrected chi connectivity index (χ0v) is 16.0. The largest absolute Gasteiger partial charge is 0.378 e. The van der Waals surface area contributed by atoms with Crippen LogP contribution in [0.5, 0.6) is 0 Å². The zero-order chi connectivity index (χ0) is 18.8. The number of ether oxygens (including phenoxy) is 1. The van der Waals surface area contributed by atoms with Crippen molar-refractivity contribution >= 4 is 5.91 Å². The van der Waals surface area contributed by atoms with Crippen LogP contribution in [0.2, 0.25) is 0 Å². The summed E-state index contributed by atoms with van der Waals surface area (Å²) in [7, 11) is 1.79. The molecule has 7 nitrogen and oxygen atoms in total. The van der Waals surface area contributed by atoms with Crippen molar-refractivity contribution in [3.05, 3.63) is 48.0 Å². The molecule has 2 fully saturated rings. The highest BCUT2D eigenvalue weighted by Crippen LogP contribution is 2.39. The summed E-state index contributed by atoms with van der Waals surface area (Å²) in [4.78, 5) is 21.4. The van der Waals surface area contributed by atoms with Crippen LogP contribution in [0.3, 0.4) is 0 Å². The Morgan fingerprint density at radius 3 is 2.59 bits per heavy atom. The molecule has 4 rings (SSSR count). The lowest BCUT2D eigenvalue weighted by Gasteiger charge is -2.53. The van der Waals surface area contributed by atoms with Crippen LogP contribution >= 0.6 is 0 Å². The minimum absolute atomic E-state index is 0.0943. The molecule has 2 atom stereocenters. The minimum Gasteiger partial charge on any atom is -0.378 e. The number of pyridine rings is 1. The van der Waals surface area contributed by atoms with Crippen molar-refractivity contribution < 1.29 is 9.53 Å². The fourth-order valence-electron chi connectivity index (χ4n) is 4.37. The van der Waals surface area contributed by atoms with E-state index in [4.69, 9.17) is 4.74 Å². The first kappa shape index (κ1) is 18.1. The van der Waals surface area contributed by atoms with Crippen molar-refractivity contribution in [2.75, 3.05) is 26.7 Å². The first-order valence-corrected chi connectivity index (χ1v) is 9.72. The molecule has 0 aliphatic carbocycles. The van der Waals surface area contributed by atoms with E-state index >= 15 is 0 Å². The van der Waals surface area contributed by atoms with Crippen molar-refractivity contribution in [2.45, 2.75) is 44.5 Å². The van der Waals surface area contributed by atoms with E-state index in [9.17, 15) is 4.79 Å². The van der Waals surface area contributed by atoms with Gasteiger partial charge in [0.1, 0.15) is 5.69 Å². The lowest BCUT2D eigenvalue weighted by atomic mass is 9.87.